The lowest BCUT2D eigenvalue weighted by Gasteiger charge is -2.29. The Bertz CT molecular complexity index is 1140. The first-order chi connectivity index (χ1) is 15.8. The molecule has 2 atom stereocenters. The van der Waals surface area contributed by atoms with E-state index in [1.807, 2.05) is 13.0 Å². The second kappa shape index (κ2) is 9.82. The Kier molecular flexibility index (Phi) is 7.06. The lowest BCUT2D eigenvalue weighted by Crippen LogP contribution is -2.42. The molecule has 0 bridgehead atoms. The summed E-state index contributed by atoms with van der Waals surface area (Å²) in [6.07, 6.45) is 6.89. The first-order valence-electron chi connectivity index (χ1n) is 11.2. The number of hydrogen-bond donors (Lipinski definition) is 3. The SMILES string of the molecule is COc1ccc(C(=O)NNC(=O)c2cc3c(s2)CCC3)cc1S(=O)(=O)NC1CCCCC1C. The molecule has 2 unspecified atom stereocenters. The van der Waals surface area contributed by atoms with E-state index in [4.69, 9.17) is 4.74 Å². The molecule has 2 amide bonds. The van der Waals surface area contributed by atoms with Crippen molar-refractivity contribution in [3.05, 3.63) is 45.1 Å². The standard InChI is InChI=1S/C23H29N3O5S2/c1-14-6-3-4-8-17(14)26-33(29,30)21-13-16(10-11-18(21)31-2)22(27)24-25-23(28)20-12-15-7-5-9-19(15)32-20/h10-14,17,26H,3-9H2,1-2H3,(H,24,27)(H,25,28). The van der Waals surface area contributed by atoms with Gasteiger partial charge in [0.05, 0.1) is 12.0 Å². The summed E-state index contributed by atoms with van der Waals surface area (Å²) in [5, 5.41) is 0. The van der Waals surface area contributed by atoms with E-state index >= 15 is 0 Å². The van der Waals surface area contributed by atoms with Gasteiger partial charge in [-0.3, -0.25) is 20.4 Å². The minimum atomic E-state index is -3.91. The predicted molar refractivity (Wildman–Crippen MR) is 126 cm³/mol. The molecule has 8 nitrogen and oxygen atoms in total. The van der Waals surface area contributed by atoms with Crippen LogP contribution < -0.4 is 20.3 Å². The van der Waals surface area contributed by atoms with Gasteiger partial charge in [-0.25, -0.2) is 13.1 Å². The van der Waals surface area contributed by atoms with Gasteiger partial charge >= 0.3 is 0 Å². The number of thiophene rings is 1. The van der Waals surface area contributed by atoms with Crippen molar-refractivity contribution < 1.29 is 22.7 Å². The van der Waals surface area contributed by atoms with Crippen molar-refractivity contribution in [2.45, 2.75) is 62.8 Å². The zero-order chi connectivity index (χ0) is 23.6. The van der Waals surface area contributed by atoms with Gasteiger partial charge in [0.15, 0.2) is 0 Å². The number of benzene rings is 1. The van der Waals surface area contributed by atoms with E-state index in [0.29, 0.717) is 4.88 Å². The van der Waals surface area contributed by atoms with Gasteiger partial charge in [-0.2, -0.15) is 0 Å². The molecule has 1 aromatic heterocycles. The van der Waals surface area contributed by atoms with Crippen LogP contribution in [-0.2, 0) is 22.9 Å². The smallest absolute Gasteiger partial charge is 0.279 e. The Hall–Kier alpha value is -2.43. The molecular formula is C23H29N3O5S2. The number of sulfonamides is 1. The number of nitrogens with one attached hydrogen (secondary N) is 3. The Balaban J connectivity index is 1.46. The topological polar surface area (TPSA) is 114 Å². The molecule has 2 aliphatic rings. The quantitative estimate of drug-likeness (QED) is 0.537. The van der Waals surface area contributed by atoms with Crippen LogP contribution in [0.5, 0.6) is 5.75 Å². The van der Waals surface area contributed by atoms with Gasteiger partial charge in [0.25, 0.3) is 11.8 Å². The number of methoxy groups -OCH3 is 1. The largest absolute Gasteiger partial charge is 0.495 e. The zero-order valence-electron chi connectivity index (χ0n) is 18.8. The van der Waals surface area contributed by atoms with Gasteiger partial charge in [-0.1, -0.05) is 19.8 Å². The number of carbonyl (C=O) groups excluding carboxylic acids is 2. The van der Waals surface area contributed by atoms with E-state index in [9.17, 15) is 18.0 Å². The fraction of sp³-hybridized carbons (Fsp3) is 0.478. The molecule has 2 aliphatic carbocycles. The van der Waals surface area contributed by atoms with Crippen molar-refractivity contribution in [2.75, 3.05) is 7.11 Å². The highest BCUT2D eigenvalue weighted by atomic mass is 32.2. The van der Waals surface area contributed by atoms with Gasteiger partial charge in [-0.15, -0.1) is 11.3 Å². The second-order valence-electron chi connectivity index (χ2n) is 8.68. The van der Waals surface area contributed by atoms with E-state index in [1.165, 1.54) is 47.1 Å². The van der Waals surface area contributed by atoms with Gasteiger partial charge in [0, 0.05) is 16.5 Å². The summed E-state index contributed by atoms with van der Waals surface area (Å²) in [5.74, 6) is -0.617. The summed E-state index contributed by atoms with van der Waals surface area (Å²) in [6, 6.07) is 5.89. The van der Waals surface area contributed by atoms with Crippen molar-refractivity contribution in [2.24, 2.45) is 5.92 Å². The molecule has 1 aromatic carbocycles. The number of hydrogen-bond acceptors (Lipinski definition) is 6. The molecule has 0 aliphatic heterocycles. The van der Waals surface area contributed by atoms with Gasteiger partial charge < -0.3 is 4.74 Å². The van der Waals surface area contributed by atoms with Crippen molar-refractivity contribution in [1.82, 2.24) is 15.6 Å². The molecular weight excluding hydrogens is 462 g/mol. The number of carbonyl (C=O) groups is 2. The normalized spacial score (nSPS) is 20.2. The van der Waals surface area contributed by atoms with Crippen LogP contribution in [0.25, 0.3) is 0 Å². The van der Waals surface area contributed by atoms with E-state index in [0.717, 1.165) is 44.9 Å². The number of hydrazine groups is 1. The maximum Gasteiger partial charge on any atom is 0.279 e. The number of ether oxygens (including phenoxy) is 1. The lowest BCUT2D eigenvalue weighted by molar-refractivity contribution is 0.0848. The summed E-state index contributed by atoms with van der Waals surface area (Å²) < 4.78 is 34.3. The Morgan fingerprint density at radius 3 is 2.52 bits per heavy atom. The van der Waals surface area contributed by atoms with Crippen LogP contribution in [0, 0.1) is 5.92 Å². The fourth-order valence-corrected chi connectivity index (χ4v) is 7.19. The zero-order valence-corrected chi connectivity index (χ0v) is 20.4. The second-order valence-corrected chi connectivity index (χ2v) is 11.5. The van der Waals surface area contributed by atoms with E-state index in [2.05, 4.69) is 15.6 Å². The van der Waals surface area contributed by atoms with Crippen molar-refractivity contribution >= 4 is 33.2 Å². The van der Waals surface area contributed by atoms with Gasteiger partial charge in [-0.05, 0) is 67.9 Å². The number of amides is 2. The van der Waals surface area contributed by atoms with Gasteiger partial charge in [0.2, 0.25) is 10.0 Å². The molecule has 0 spiro atoms. The molecule has 1 saturated carbocycles. The van der Waals surface area contributed by atoms with Crippen LogP contribution >= 0.6 is 11.3 Å². The number of aryl methyl sites for hydroxylation is 2. The van der Waals surface area contributed by atoms with E-state index in [-0.39, 0.29) is 28.2 Å². The molecule has 10 heteroatoms. The van der Waals surface area contributed by atoms with Crippen LogP contribution in [0.4, 0.5) is 0 Å². The molecule has 178 valence electrons. The first-order valence-corrected chi connectivity index (χ1v) is 13.5. The van der Waals surface area contributed by atoms with Crippen LogP contribution in [0.2, 0.25) is 0 Å². The number of fused-ring (bicyclic) bond motifs is 1. The molecule has 1 heterocycles. The van der Waals surface area contributed by atoms with E-state index < -0.39 is 21.8 Å². The summed E-state index contributed by atoms with van der Waals surface area (Å²) in [6.45, 7) is 2.04. The third-order valence-electron chi connectivity index (χ3n) is 6.39. The minimum Gasteiger partial charge on any atom is -0.495 e. The van der Waals surface area contributed by atoms with E-state index in [1.54, 1.807) is 0 Å². The highest BCUT2D eigenvalue weighted by Crippen LogP contribution is 2.31. The molecule has 1 fully saturated rings. The minimum absolute atomic E-state index is 0.0989. The summed E-state index contributed by atoms with van der Waals surface area (Å²) in [5.41, 5.74) is 6.09. The average molecular weight is 492 g/mol. The van der Waals surface area contributed by atoms with Gasteiger partial charge in [0.1, 0.15) is 10.6 Å². The van der Waals surface area contributed by atoms with Crippen LogP contribution in [0.15, 0.2) is 29.2 Å². The Morgan fingerprint density at radius 1 is 1.03 bits per heavy atom. The highest BCUT2D eigenvalue weighted by Gasteiger charge is 2.29. The first kappa shape index (κ1) is 23.7. The average Bonchev–Trinajstić information content (AvgIpc) is 3.41. The highest BCUT2D eigenvalue weighted by molar-refractivity contribution is 7.89. The molecule has 0 radical (unpaired) electrons. The molecule has 0 saturated heterocycles. The van der Waals surface area contributed by atoms with Crippen molar-refractivity contribution in [1.29, 1.82) is 0 Å². The molecule has 4 rings (SSSR count). The summed E-state index contributed by atoms with van der Waals surface area (Å²) in [4.78, 5) is 26.7. The summed E-state index contributed by atoms with van der Waals surface area (Å²) >= 11 is 1.44. The fourth-order valence-electron chi connectivity index (χ4n) is 4.47. The van der Waals surface area contributed by atoms with Crippen molar-refractivity contribution in [3.63, 3.8) is 0 Å². The molecule has 2 aromatic rings. The maximum absolute atomic E-state index is 13.1. The Labute approximate surface area is 198 Å². The van der Waals surface area contributed by atoms with Crippen LogP contribution in [0.1, 0.15) is 69.5 Å². The maximum atomic E-state index is 13.1. The third-order valence-corrected chi connectivity index (χ3v) is 9.14. The molecule has 33 heavy (non-hydrogen) atoms. The summed E-state index contributed by atoms with van der Waals surface area (Å²) in [7, 11) is -2.52. The third kappa shape index (κ3) is 5.23. The van der Waals surface area contributed by atoms with Crippen molar-refractivity contribution in [3.8, 4) is 5.75 Å². The number of rotatable bonds is 6. The van der Waals surface area contributed by atoms with Crippen LogP contribution in [-0.4, -0.2) is 33.4 Å². The Morgan fingerprint density at radius 2 is 1.79 bits per heavy atom. The lowest BCUT2D eigenvalue weighted by atomic mass is 9.87. The monoisotopic (exact) mass is 491 g/mol. The molecule has 3 N–H and O–H groups in total. The van der Waals surface area contributed by atoms with Crippen LogP contribution in [0.3, 0.4) is 0 Å². The predicted octanol–water partition coefficient (Wildman–Crippen LogP) is 3.18.